The molecule has 1 aromatic rings. The molecule has 0 spiro atoms. The fourth-order valence-electron chi connectivity index (χ4n) is 3.14. The minimum Gasteiger partial charge on any atom is -0.388 e. The Morgan fingerprint density at radius 1 is 1.48 bits per heavy atom. The van der Waals surface area contributed by atoms with Crippen molar-refractivity contribution in [2.45, 2.75) is 45.3 Å². The lowest BCUT2D eigenvalue weighted by Crippen LogP contribution is -2.41. The molecule has 2 rings (SSSR count). The summed E-state index contributed by atoms with van der Waals surface area (Å²) in [6.45, 7) is 5.58. The molecular weight excluding hydrogens is 297 g/mol. The maximum Gasteiger partial charge on any atom is 0.222 e. The molecule has 1 aliphatic heterocycles. The molecule has 4 nitrogen and oxygen atoms in total. The highest BCUT2D eigenvalue weighted by atomic mass is 19.1. The van der Waals surface area contributed by atoms with Gasteiger partial charge in [-0.3, -0.25) is 4.79 Å². The highest BCUT2D eigenvalue weighted by molar-refractivity contribution is 5.76. The van der Waals surface area contributed by atoms with E-state index in [4.69, 9.17) is 4.74 Å². The summed E-state index contributed by atoms with van der Waals surface area (Å²) in [5.41, 5.74) is 0.418. The third-order valence-electron chi connectivity index (χ3n) is 4.32. The maximum atomic E-state index is 13.1. The molecule has 1 saturated heterocycles. The third-order valence-corrected chi connectivity index (χ3v) is 4.32. The molecule has 0 radical (unpaired) electrons. The molecular formula is C18H26FNO3. The minimum absolute atomic E-state index is 0.0661. The number of hydrogen-bond acceptors (Lipinski definition) is 3. The zero-order chi connectivity index (χ0) is 16.8. The van der Waals surface area contributed by atoms with Crippen LogP contribution >= 0.6 is 0 Å². The Balaban J connectivity index is 1.82. The van der Waals surface area contributed by atoms with Gasteiger partial charge in [-0.05, 0) is 36.5 Å². The van der Waals surface area contributed by atoms with Crippen LogP contribution in [0, 0.1) is 17.7 Å². The smallest absolute Gasteiger partial charge is 0.222 e. The third kappa shape index (κ3) is 5.29. The first-order valence-corrected chi connectivity index (χ1v) is 8.29. The van der Waals surface area contributed by atoms with Crippen LogP contribution in [0.2, 0.25) is 0 Å². The summed E-state index contributed by atoms with van der Waals surface area (Å²) in [4.78, 5) is 12.0. The van der Waals surface area contributed by atoms with Crippen molar-refractivity contribution in [2.75, 3.05) is 13.2 Å². The first-order valence-electron chi connectivity index (χ1n) is 8.29. The Morgan fingerprint density at radius 3 is 2.96 bits per heavy atom. The summed E-state index contributed by atoms with van der Waals surface area (Å²) in [6, 6.07) is 5.70. The van der Waals surface area contributed by atoms with Gasteiger partial charge in [-0.2, -0.15) is 0 Å². The summed E-state index contributed by atoms with van der Waals surface area (Å²) in [5.74, 6) is 0.0741. The van der Waals surface area contributed by atoms with Gasteiger partial charge < -0.3 is 15.2 Å². The Labute approximate surface area is 137 Å². The Kier molecular flexibility index (Phi) is 6.54. The van der Waals surface area contributed by atoms with Crippen LogP contribution in [0.3, 0.4) is 0 Å². The van der Waals surface area contributed by atoms with Crippen molar-refractivity contribution in [3.63, 3.8) is 0 Å². The second kappa shape index (κ2) is 8.41. The lowest BCUT2D eigenvalue weighted by molar-refractivity contribution is -0.124. The second-order valence-corrected chi connectivity index (χ2v) is 6.56. The van der Waals surface area contributed by atoms with Crippen LogP contribution in [0.1, 0.15) is 44.8 Å². The highest BCUT2D eigenvalue weighted by Gasteiger charge is 2.28. The highest BCUT2D eigenvalue weighted by Crippen LogP contribution is 2.26. The van der Waals surface area contributed by atoms with E-state index in [-0.39, 0.29) is 18.4 Å². The Hall–Kier alpha value is -1.46. The predicted molar refractivity (Wildman–Crippen MR) is 86.3 cm³/mol. The van der Waals surface area contributed by atoms with Crippen molar-refractivity contribution in [3.05, 3.63) is 35.6 Å². The lowest BCUT2D eigenvalue weighted by atomic mass is 9.87. The topological polar surface area (TPSA) is 58.6 Å². The fraction of sp³-hybridized carbons (Fsp3) is 0.611. The number of hydrogen-bond donors (Lipinski definition) is 2. The van der Waals surface area contributed by atoms with Crippen LogP contribution in [0.5, 0.6) is 0 Å². The number of aliphatic hydroxyl groups excluding tert-OH is 1. The predicted octanol–water partition coefficient (Wildman–Crippen LogP) is 2.82. The van der Waals surface area contributed by atoms with Gasteiger partial charge in [0.2, 0.25) is 5.91 Å². The van der Waals surface area contributed by atoms with Crippen molar-refractivity contribution in [1.82, 2.24) is 5.32 Å². The van der Waals surface area contributed by atoms with Gasteiger partial charge in [0.1, 0.15) is 5.82 Å². The van der Waals surface area contributed by atoms with Crippen LogP contribution in [-0.4, -0.2) is 30.3 Å². The van der Waals surface area contributed by atoms with E-state index >= 15 is 0 Å². The molecule has 5 heteroatoms. The molecule has 128 valence electrons. The van der Waals surface area contributed by atoms with Gasteiger partial charge in [0.05, 0.1) is 18.6 Å². The number of carbonyl (C=O) groups is 1. The summed E-state index contributed by atoms with van der Waals surface area (Å²) in [6.07, 6.45) is 1.15. The number of ether oxygens (including phenoxy) is 1. The molecule has 0 aromatic heterocycles. The molecule has 1 aliphatic rings. The van der Waals surface area contributed by atoms with Gasteiger partial charge in [-0.1, -0.05) is 26.0 Å². The molecule has 1 fully saturated rings. The molecule has 1 amide bonds. The average molecular weight is 323 g/mol. The maximum absolute atomic E-state index is 13.1. The van der Waals surface area contributed by atoms with Crippen LogP contribution in [0.15, 0.2) is 24.3 Å². The minimum atomic E-state index is -0.991. The molecule has 2 N–H and O–H groups in total. The summed E-state index contributed by atoms with van der Waals surface area (Å²) in [5, 5.41) is 12.9. The van der Waals surface area contributed by atoms with Crippen molar-refractivity contribution in [3.8, 4) is 0 Å². The number of amides is 1. The SMILES string of the molecule is CC(C)C1OCCCC1CNC(=O)CC(O)c1cccc(F)c1. The number of nitrogens with one attached hydrogen (secondary N) is 1. The molecule has 0 bridgehead atoms. The van der Waals surface area contributed by atoms with Crippen molar-refractivity contribution >= 4 is 5.91 Å². The standard InChI is InChI=1S/C18H26FNO3/c1-12(2)18-14(6-4-8-23-18)11-20-17(22)10-16(21)13-5-3-7-15(19)9-13/h3,5,7,9,12,14,16,18,21H,4,6,8,10-11H2,1-2H3,(H,20,22). The molecule has 3 unspecified atom stereocenters. The number of benzene rings is 1. The van der Waals surface area contributed by atoms with E-state index in [2.05, 4.69) is 19.2 Å². The largest absolute Gasteiger partial charge is 0.388 e. The average Bonchev–Trinajstić information content (AvgIpc) is 2.53. The first-order chi connectivity index (χ1) is 11.0. The van der Waals surface area contributed by atoms with Gasteiger partial charge in [0.25, 0.3) is 0 Å². The van der Waals surface area contributed by atoms with Crippen LogP contribution in [0.25, 0.3) is 0 Å². The van der Waals surface area contributed by atoms with Crippen LogP contribution < -0.4 is 5.32 Å². The zero-order valence-corrected chi connectivity index (χ0v) is 13.8. The number of carbonyl (C=O) groups excluding carboxylic acids is 1. The van der Waals surface area contributed by atoms with Crippen LogP contribution in [0.4, 0.5) is 4.39 Å². The second-order valence-electron chi connectivity index (χ2n) is 6.56. The number of aliphatic hydroxyl groups is 1. The fourth-order valence-corrected chi connectivity index (χ4v) is 3.14. The lowest BCUT2D eigenvalue weighted by Gasteiger charge is -2.34. The Bertz CT molecular complexity index is 521. The van der Waals surface area contributed by atoms with Gasteiger partial charge in [0, 0.05) is 19.1 Å². The van der Waals surface area contributed by atoms with E-state index in [0.29, 0.717) is 23.9 Å². The molecule has 1 aromatic carbocycles. The summed E-state index contributed by atoms with van der Waals surface area (Å²) < 4.78 is 19.0. The molecule has 1 heterocycles. The quantitative estimate of drug-likeness (QED) is 0.846. The summed E-state index contributed by atoms with van der Waals surface area (Å²) in [7, 11) is 0. The van der Waals surface area contributed by atoms with E-state index in [1.807, 2.05) is 0 Å². The van der Waals surface area contributed by atoms with E-state index in [0.717, 1.165) is 19.4 Å². The van der Waals surface area contributed by atoms with E-state index in [1.165, 1.54) is 18.2 Å². The Morgan fingerprint density at radius 2 is 2.26 bits per heavy atom. The van der Waals surface area contributed by atoms with Crippen LogP contribution in [-0.2, 0) is 9.53 Å². The number of halogens is 1. The normalized spacial score (nSPS) is 22.8. The number of rotatable bonds is 6. The van der Waals surface area contributed by atoms with E-state index in [9.17, 15) is 14.3 Å². The molecule has 0 saturated carbocycles. The van der Waals surface area contributed by atoms with Gasteiger partial charge in [0.15, 0.2) is 0 Å². The van der Waals surface area contributed by atoms with Gasteiger partial charge in [-0.25, -0.2) is 4.39 Å². The van der Waals surface area contributed by atoms with Crippen molar-refractivity contribution in [1.29, 1.82) is 0 Å². The van der Waals surface area contributed by atoms with E-state index in [1.54, 1.807) is 6.07 Å². The molecule has 0 aliphatic carbocycles. The zero-order valence-electron chi connectivity index (χ0n) is 13.8. The van der Waals surface area contributed by atoms with Gasteiger partial charge in [-0.15, -0.1) is 0 Å². The molecule has 3 atom stereocenters. The monoisotopic (exact) mass is 323 g/mol. The summed E-state index contributed by atoms with van der Waals surface area (Å²) >= 11 is 0. The van der Waals surface area contributed by atoms with Crippen molar-refractivity contribution in [2.24, 2.45) is 11.8 Å². The van der Waals surface area contributed by atoms with E-state index < -0.39 is 11.9 Å². The van der Waals surface area contributed by atoms with Gasteiger partial charge >= 0.3 is 0 Å². The first kappa shape index (κ1) is 17.9. The van der Waals surface area contributed by atoms with Crippen molar-refractivity contribution < 1.29 is 19.0 Å². The molecule has 23 heavy (non-hydrogen) atoms.